The molecule has 0 N–H and O–H groups in total. The number of hydrogen-bond donors (Lipinski definition) is 0. The van der Waals surface area contributed by atoms with E-state index >= 15 is 0 Å². The maximum atomic E-state index is 5.18. The molecule has 0 aliphatic carbocycles. The first-order valence-electron chi connectivity index (χ1n) is 26.2. The molecule has 0 unspecified atom stereocenters. The van der Waals surface area contributed by atoms with E-state index in [1.807, 2.05) is 0 Å². The largest absolute Gasteiger partial charge is 0.341 e. The van der Waals surface area contributed by atoms with E-state index < -0.39 is 0 Å². The predicted octanol–water partition coefficient (Wildman–Crippen LogP) is 20.0. The van der Waals surface area contributed by atoms with Crippen LogP contribution in [-0.2, 0) is 0 Å². The summed E-state index contributed by atoms with van der Waals surface area (Å²) < 4.78 is 2.34. The monoisotopic (exact) mass is 1040 g/mol. The molecule has 0 saturated heterocycles. The normalized spacial score (nSPS) is 12.6. The van der Waals surface area contributed by atoms with Crippen LogP contribution in [0.4, 0.5) is 56.9 Å². The SMILES string of the molecule is CN1c2ccccc2N(c2cccc(-c3cc(-c4cccc(-c5nc6ccccc6s5)c4)c(-c4cccc(-c5nc6ccccc6s5)c4)c(-c4cccc(N5c6ccccc6N(C)c6ccccc65)c4)c3)c2)c2ccccc21. The molecule has 0 amide bonds. The van der Waals surface area contributed by atoms with Crippen molar-refractivity contribution in [3.63, 3.8) is 0 Å². The highest BCUT2D eigenvalue weighted by atomic mass is 32.1. The number of nitrogens with zero attached hydrogens (tertiary/aromatic N) is 6. The Hall–Kier alpha value is -9.60. The van der Waals surface area contributed by atoms with Crippen LogP contribution in [0.5, 0.6) is 0 Å². The number of fused-ring (bicyclic) bond motifs is 6. The Kier molecular flexibility index (Phi) is 10.9. The maximum absolute atomic E-state index is 5.18. The molecular formula is C70H48N6S2. The number of anilines is 10. The van der Waals surface area contributed by atoms with Crippen LogP contribution in [0.3, 0.4) is 0 Å². The van der Waals surface area contributed by atoms with Gasteiger partial charge in [0.05, 0.1) is 65.9 Å². The summed E-state index contributed by atoms with van der Waals surface area (Å²) in [6.07, 6.45) is 0. The van der Waals surface area contributed by atoms with Crippen molar-refractivity contribution in [2.75, 3.05) is 33.7 Å². The van der Waals surface area contributed by atoms with Crippen LogP contribution in [0.15, 0.2) is 255 Å². The lowest BCUT2D eigenvalue weighted by Crippen LogP contribution is -2.23. The van der Waals surface area contributed by atoms with Gasteiger partial charge in [-0.3, -0.25) is 0 Å². The van der Waals surface area contributed by atoms with Gasteiger partial charge in [-0.05, 0) is 166 Å². The van der Waals surface area contributed by atoms with Crippen molar-refractivity contribution in [1.82, 2.24) is 9.97 Å². The smallest absolute Gasteiger partial charge is 0.124 e. The Balaban J connectivity index is 0.986. The topological polar surface area (TPSA) is 38.7 Å². The molecule has 78 heavy (non-hydrogen) atoms. The summed E-state index contributed by atoms with van der Waals surface area (Å²) in [5, 5.41) is 1.99. The highest BCUT2D eigenvalue weighted by Crippen LogP contribution is 2.54. The van der Waals surface area contributed by atoms with E-state index in [0.717, 1.165) is 134 Å². The number of thiazole rings is 2. The van der Waals surface area contributed by atoms with Gasteiger partial charge in [0.25, 0.3) is 0 Å². The number of para-hydroxylation sites is 10. The molecule has 2 aliphatic heterocycles. The second-order valence-electron chi connectivity index (χ2n) is 19.9. The maximum Gasteiger partial charge on any atom is 0.124 e. The average Bonchev–Trinajstić information content (AvgIpc) is 4.29. The van der Waals surface area contributed by atoms with Gasteiger partial charge >= 0.3 is 0 Å². The fourth-order valence-corrected chi connectivity index (χ4v) is 13.6. The van der Waals surface area contributed by atoms with Crippen molar-refractivity contribution in [2.45, 2.75) is 0 Å². The molecule has 0 spiro atoms. The van der Waals surface area contributed by atoms with Gasteiger partial charge in [0.1, 0.15) is 10.0 Å². The average molecular weight is 1040 g/mol. The number of rotatable bonds is 8. The molecule has 0 fully saturated rings. The lowest BCUT2D eigenvalue weighted by Gasteiger charge is -2.38. The van der Waals surface area contributed by atoms with Gasteiger partial charge < -0.3 is 19.6 Å². The highest BCUT2D eigenvalue weighted by molar-refractivity contribution is 7.22. The third-order valence-electron chi connectivity index (χ3n) is 15.3. The fourth-order valence-electron chi connectivity index (χ4n) is 11.7. The van der Waals surface area contributed by atoms with Gasteiger partial charge in [-0.15, -0.1) is 22.7 Å². The summed E-state index contributed by atoms with van der Waals surface area (Å²) in [5.74, 6) is 0. The molecule has 0 saturated carbocycles. The standard InChI is InChI=1S/C70H48N6S2/c1-73-58-29-5-9-33-62(58)75(63-34-10-6-30-59(63)73)52-25-17-19-45(41-52)51-43-54(46-20-15-23-49(39-46)69-71-56-27-3-13-37-66(56)77-69)68(48-22-16-24-50(40-48)70-72-57-28-4-14-38-67(57)78-70)55(44-51)47-21-18-26-53(42-47)76-64-35-11-7-31-60(64)74(2)61-32-8-12-36-65(61)76/h3-44H,1-2H3. The van der Waals surface area contributed by atoms with Crippen LogP contribution >= 0.6 is 22.7 Å². The van der Waals surface area contributed by atoms with Crippen molar-refractivity contribution < 1.29 is 0 Å². The van der Waals surface area contributed by atoms with Crippen LogP contribution in [0.1, 0.15) is 0 Å². The van der Waals surface area contributed by atoms with Gasteiger partial charge in [-0.1, -0.05) is 133 Å². The van der Waals surface area contributed by atoms with Crippen molar-refractivity contribution in [2.24, 2.45) is 0 Å². The van der Waals surface area contributed by atoms with Crippen LogP contribution in [0, 0.1) is 0 Å². The van der Waals surface area contributed by atoms with Crippen LogP contribution < -0.4 is 19.6 Å². The summed E-state index contributed by atoms with van der Waals surface area (Å²) >= 11 is 3.47. The Labute approximate surface area is 461 Å². The van der Waals surface area contributed by atoms with Crippen molar-refractivity contribution in [3.8, 4) is 65.6 Å². The third kappa shape index (κ3) is 7.67. The minimum absolute atomic E-state index is 0.994. The minimum Gasteiger partial charge on any atom is -0.341 e. The van der Waals surface area contributed by atoms with E-state index in [1.165, 1.54) is 9.40 Å². The summed E-state index contributed by atoms with van der Waals surface area (Å²) in [5.41, 5.74) is 24.4. The molecule has 11 aromatic carbocycles. The van der Waals surface area contributed by atoms with Gasteiger partial charge in [0.15, 0.2) is 0 Å². The quantitative estimate of drug-likeness (QED) is 0.151. The number of hydrogen-bond acceptors (Lipinski definition) is 8. The Morgan fingerprint density at radius 2 is 0.628 bits per heavy atom. The second-order valence-corrected chi connectivity index (χ2v) is 22.0. The van der Waals surface area contributed by atoms with Crippen LogP contribution in [0.2, 0.25) is 0 Å². The second kappa shape index (κ2) is 18.6. The molecule has 15 rings (SSSR count). The van der Waals surface area contributed by atoms with E-state index in [0.29, 0.717) is 0 Å². The highest BCUT2D eigenvalue weighted by Gasteiger charge is 2.30. The number of benzene rings is 11. The summed E-state index contributed by atoms with van der Waals surface area (Å²) in [4.78, 5) is 19.8. The fraction of sp³-hybridized carbons (Fsp3) is 0.0286. The van der Waals surface area contributed by atoms with E-state index in [-0.39, 0.29) is 0 Å². The van der Waals surface area contributed by atoms with E-state index in [9.17, 15) is 0 Å². The molecule has 8 heteroatoms. The first-order chi connectivity index (χ1) is 38.5. The van der Waals surface area contributed by atoms with Gasteiger partial charge in [-0.25, -0.2) is 9.97 Å². The van der Waals surface area contributed by atoms with Crippen molar-refractivity contribution >= 4 is 100.0 Å². The van der Waals surface area contributed by atoms with E-state index in [1.54, 1.807) is 22.7 Å². The summed E-state index contributed by atoms with van der Waals surface area (Å²) in [7, 11) is 4.32. The molecule has 6 nitrogen and oxygen atoms in total. The summed E-state index contributed by atoms with van der Waals surface area (Å²) in [6, 6.07) is 92.7. The molecule has 370 valence electrons. The molecule has 4 heterocycles. The number of aromatic nitrogens is 2. The molecule has 2 aromatic heterocycles. The molecule has 0 radical (unpaired) electrons. The van der Waals surface area contributed by atoms with Crippen LogP contribution in [-0.4, -0.2) is 24.1 Å². The zero-order valence-corrected chi connectivity index (χ0v) is 44.4. The lowest BCUT2D eigenvalue weighted by atomic mass is 9.84. The van der Waals surface area contributed by atoms with Gasteiger partial charge in [0, 0.05) is 36.6 Å². The van der Waals surface area contributed by atoms with Crippen LogP contribution in [0.25, 0.3) is 86.1 Å². The van der Waals surface area contributed by atoms with E-state index in [4.69, 9.17) is 9.97 Å². The molecule has 0 bridgehead atoms. The van der Waals surface area contributed by atoms with Gasteiger partial charge in [-0.2, -0.15) is 0 Å². The minimum atomic E-state index is 0.994. The molecular weight excluding hydrogens is 989 g/mol. The zero-order valence-electron chi connectivity index (χ0n) is 42.7. The van der Waals surface area contributed by atoms with Gasteiger partial charge in [0.2, 0.25) is 0 Å². The zero-order chi connectivity index (χ0) is 51.8. The first-order valence-corrected chi connectivity index (χ1v) is 27.9. The van der Waals surface area contributed by atoms with Crippen molar-refractivity contribution in [3.05, 3.63) is 255 Å². The van der Waals surface area contributed by atoms with Crippen molar-refractivity contribution in [1.29, 1.82) is 0 Å². The lowest BCUT2D eigenvalue weighted by molar-refractivity contribution is 1.13. The summed E-state index contributed by atoms with van der Waals surface area (Å²) in [6.45, 7) is 0. The molecule has 2 aliphatic rings. The third-order valence-corrected chi connectivity index (χ3v) is 17.5. The first kappa shape index (κ1) is 45.8. The molecule has 0 atom stereocenters. The molecule has 13 aromatic rings. The van der Waals surface area contributed by atoms with E-state index in [2.05, 4.69) is 288 Å². The Morgan fingerprint density at radius 3 is 1.09 bits per heavy atom. The predicted molar refractivity (Wildman–Crippen MR) is 331 cm³/mol. The Bertz CT molecular complexity index is 4340. The Morgan fingerprint density at radius 1 is 0.282 bits per heavy atom.